The fourth-order valence-electron chi connectivity index (χ4n) is 2.31. The standard InChI is InChI=1S/C18H20FNO3S/c1-13(15-6-10-17(11-7-15)24(2,22)23)20-18(21)12-5-14-3-8-16(19)9-4-14/h3-4,6-11,13H,5,12H2,1-2H3,(H,20,21). The Hall–Kier alpha value is -2.21. The molecule has 4 nitrogen and oxygen atoms in total. The first kappa shape index (κ1) is 18.1. The molecule has 0 aliphatic heterocycles. The lowest BCUT2D eigenvalue weighted by molar-refractivity contribution is -0.121. The van der Waals surface area contributed by atoms with Gasteiger partial charge in [0.15, 0.2) is 9.84 Å². The van der Waals surface area contributed by atoms with Gasteiger partial charge in [-0.3, -0.25) is 4.79 Å². The molecule has 0 spiro atoms. The van der Waals surface area contributed by atoms with Crippen LogP contribution in [-0.2, 0) is 21.1 Å². The highest BCUT2D eigenvalue weighted by Crippen LogP contribution is 2.16. The minimum atomic E-state index is -3.22. The summed E-state index contributed by atoms with van der Waals surface area (Å²) in [5.41, 5.74) is 1.73. The van der Waals surface area contributed by atoms with Gasteiger partial charge in [0, 0.05) is 12.7 Å². The van der Waals surface area contributed by atoms with Gasteiger partial charge in [0.05, 0.1) is 10.9 Å². The molecular weight excluding hydrogens is 329 g/mol. The second-order valence-electron chi connectivity index (χ2n) is 5.76. The predicted octanol–water partition coefficient (Wildman–Crippen LogP) is 3.04. The lowest BCUT2D eigenvalue weighted by Crippen LogP contribution is -2.26. The van der Waals surface area contributed by atoms with Gasteiger partial charge in [0.1, 0.15) is 5.82 Å². The molecule has 2 rings (SSSR count). The lowest BCUT2D eigenvalue weighted by Gasteiger charge is -2.15. The summed E-state index contributed by atoms with van der Waals surface area (Å²) in [4.78, 5) is 12.3. The van der Waals surface area contributed by atoms with Crippen LogP contribution in [0.5, 0.6) is 0 Å². The molecule has 1 amide bonds. The summed E-state index contributed by atoms with van der Waals surface area (Å²) in [6, 6.07) is 12.3. The van der Waals surface area contributed by atoms with Gasteiger partial charge in [-0.25, -0.2) is 12.8 Å². The minimum Gasteiger partial charge on any atom is -0.350 e. The summed E-state index contributed by atoms with van der Waals surface area (Å²) >= 11 is 0. The monoisotopic (exact) mass is 349 g/mol. The van der Waals surface area contributed by atoms with Crippen LogP contribution in [-0.4, -0.2) is 20.6 Å². The zero-order valence-electron chi connectivity index (χ0n) is 13.6. The molecule has 1 atom stereocenters. The Morgan fingerprint density at radius 1 is 1.08 bits per heavy atom. The first-order valence-corrected chi connectivity index (χ1v) is 9.48. The Labute approximate surface area is 141 Å². The SMILES string of the molecule is CC(NC(=O)CCc1ccc(F)cc1)c1ccc(S(C)(=O)=O)cc1. The highest BCUT2D eigenvalue weighted by molar-refractivity contribution is 7.90. The molecule has 0 radical (unpaired) electrons. The number of carbonyl (C=O) groups excluding carboxylic acids is 1. The van der Waals surface area contributed by atoms with Crippen molar-refractivity contribution in [2.45, 2.75) is 30.7 Å². The number of amides is 1. The molecule has 0 aliphatic carbocycles. The third-order valence-corrected chi connectivity index (χ3v) is 4.87. The highest BCUT2D eigenvalue weighted by atomic mass is 32.2. The largest absolute Gasteiger partial charge is 0.350 e. The number of aryl methyl sites for hydroxylation is 1. The second kappa shape index (κ2) is 7.57. The number of benzene rings is 2. The summed E-state index contributed by atoms with van der Waals surface area (Å²) in [6.45, 7) is 1.84. The number of halogens is 1. The number of hydrogen-bond acceptors (Lipinski definition) is 3. The first-order chi connectivity index (χ1) is 11.3. The minimum absolute atomic E-state index is 0.112. The maximum atomic E-state index is 12.8. The fraction of sp³-hybridized carbons (Fsp3) is 0.278. The van der Waals surface area contributed by atoms with Crippen LogP contribution in [0, 0.1) is 5.82 Å². The normalized spacial score (nSPS) is 12.6. The topological polar surface area (TPSA) is 63.2 Å². The molecule has 0 saturated heterocycles. The van der Waals surface area contributed by atoms with Gasteiger partial charge in [-0.15, -0.1) is 0 Å². The van der Waals surface area contributed by atoms with Gasteiger partial charge in [-0.05, 0) is 48.7 Å². The molecule has 0 aromatic heterocycles. The van der Waals surface area contributed by atoms with E-state index in [9.17, 15) is 17.6 Å². The van der Waals surface area contributed by atoms with Gasteiger partial charge < -0.3 is 5.32 Å². The molecule has 0 aliphatic rings. The summed E-state index contributed by atoms with van der Waals surface area (Å²) in [5, 5.41) is 2.87. The number of rotatable bonds is 6. The van der Waals surface area contributed by atoms with Gasteiger partial charge in [0.2, 0.25) is 5.91 Å². The number of hydrogen-bond donors (Lipinski definition) is 1. The molecular formula is C18H20FNO3S. The Balaban J connectivity index is 1.90. The molecule has 6 heteroatoms. The Bertz CT molecular complexity index is 799. The molecule has 128 valence electrons. The molecule has 24 heavy (non-hydrogen) atoms. The Morgan fingerprint density at radius 3 is 2.21 bits per heavy atom. The molecule has 0 bridgehead atoms. The van der Waals surface area contributed by atoms with Gasteiger partial charge in [-0.2, -0.15) is 0 Å². The Morgan fingerprint density at radius 2 is 1.67 bits per heavy atom. The van der Waals surface area contributed by atoms with Crippen LogP contribution in [0.15, 0.2) is 53.4 Å². The van der Waals surface area contributed by atoms with Crippen molar-refractivity contribution >= 4 is 15.7 Å². The quantitative estimate of drug-likeness (QED) is 0.872. The van der Waals surface area contributed by atoms with E-state index in [0.29, 0.717) is 12.8 Å². The van der Waals surface area contributed by atoms with E-state index < -0.39 is 9.84 Å². The summed E-state index contributed by atoms with van der Waals surface area (Å²) in [6.07, 6.45) is 1.99. The first-order valence-electron chi connectivity index (χ1n) is 7.59. The smallest absolute Gasteiger partial charge is 0.220 e. The predicted molar refractivity (Wildman–Crippen MR) is 90.8 cm³/mol. The van der Waals surface area contributed by atoms with Crippen molar-refractivity contribution in [3.8, 4) is 0 Å². The van der Waals surface area contributed by atoms with Gasteiger partial charge in [0.25, 0.3) is 0 Å². The van der Waals surface area contributed by atoms with Crippen LogP contribution in [0.3, 0.4) is 0 Å². The maximum absolute atomic E-state index is 12.8. The van der Waals surface area contributed by atoms with Crippen molar-refractivity contribution in [1.82, 2.24) is 5.32 Å². The van der Waals surface area contributed by atoms with Crippen molar-refractivity contribution in [2.75, 3.05) is 6.26 Å². The molecule has 2 aromatic carbocycles. The van der Waals surface area contributed by atoms with Gasteiger partial charge >= 0.3 is 0 Å². The van der Waals surface area contributed by atoms with Crippen LogP contribution in [0.25, 0.3) is 0 Å². The van der Waals surface area contributed by atoms with Crippen LogP contribution in [0.1, 0.15) is 30.5 Å². The summed E-state index contributed by atoms with van der Waals surface area (Å²) < 4.78 is 35.7. The third kappa shape index (κ3) is 5.16. The van der Waals surface area contributed by atoms with Crippen molar-refractivity contribution in [1.29, 1.82) is 0 Å². The van der Waals surface area contributed by atoms with Crippen molar-refractivity contribution in [2.24, 2.45) is 0 Å². The van der Waals surface area contributed by atoms with Crippen LogP contribution < -0.4 is 5.32 Å². The zero-order valence-corrected chi connectivity index (χ0v) is 14.4. The van der Waals surface area contributed by atoms with Crippen molar-refractivity contribution in [3.05, 3.63) is 65.5 Å². The van der Waals surface area contributed by atoms with Crippen LogP contribution in [0.2, 0.25) is 0 Å². The van der Waals surface area contributed by atoms with E-state index in [-0.39, 0.29) is 22.7 Å². The molecule has 2 aromatic rings. The van der Waals surface area contributed by atoms with E-state index in [4.69, 9.17) is 0 Å². The van der Waals surface area contributed by atoms with Crippen LogP contribution in [0.4, 0.5) is 4.39 Å². The Kier molecular flexibility index (Phi) is 5.72. The van der Waals surface area contributed by atoms with Crippen molar-refractivity contribution < 1.29 is 17.6 Å². The number of sulfone groups is 1. The van der Waals surface area contributed by atoms with E-state index in [1.54, 1.807) is 24.3 Å². The second-order valence-corrected chi connectivity index (χ2v) is 7.77. The van der Waals surface area contributed by atoms with Gasteiger partial charge in [-0.1, -0.05) is 24.3 Å². The molecule has 1 N–H and O–H groups in total. The lowest BCUT2D eigenvalue weighted by atomic mass is 10.1. The van der Waals surface area contributed by atoms with E-state index >= 15 is 0 Å². The molecule has 1 unspecified atom stereocenters. The molecule has 0 saturated carbocycles. The fourth-order valence-corrected chi connectivity index (χ4v) is 2.94. The molecule has 0 heterocycles. The summed E-state index contributed by atoms with van der Waals surface area (Å²) in [5.74, 6) is -0.409. The highest BCUT2D eigenvalue weighted by Gasteiger charge is 2.12. The van der Waals surface area contributed by atoms with E-state index in [1.807, 2.05) is 6.92 Å². The average molecular weight is 349 g/mol. The average Bonchev–Trinajstić information content (AvgIpc) is 2.53. The van der Waals surface area contributed by atoms with Crippen LogP contribution >= 0.6 is 0 Å². The molecule has 0 fully saturated rings. The van der Waals surface area contributed by atoms with E-state index in [1.165, 1.54) is 24.3 Å². The summed E-state index contributed by atoms with van der Waals surface area (Å²) in [7, 11) is -3.22. The number of carbonyl (C=O) groups is 1. The zero-order chi connectivity index (χ0) is 17.7. The number of nitrogens with one attached hydrogen (secondary N) is 1. The third-order valence-electron chi connectivity index (χ3n) is 3.74. The van der Waals surface area contributed by atoms with E-state index in [2.05, 4.69) is 5.32 Å². The van der Waals surface area contributed by atoms with Crippen molar-refractivity contribution in [3.63, 3.8) is 0 Å². The van der Waals surface area contributed by atoms with E-state index in [0.717, 1.165) is 17.4 Å². The maximum Gasteiger partial charge on any atom is 0.220 e.